The number of nitrogens with one attached hydrogen (secondary N) is 1. The molecule has 0 saturated heterocycles. The second-order valence-corrected chi connectivity index (χ2v) is 6.71. The molecule has 0 radical (unpaired) electrons. The largest absolute Gasteiger partial charge is 0.484 e. The van der Waals surface area contributed by atoms with Gasteiger partial charge in [-0.3, -0.25) is 0 Å². The summed E-state index contributed by atoms with van der Waals surface area (Å²) in [5, 5.41) is 4.27. The van der Waals surface area contributed by atoms with Crippen molar-refractivity contribution >= 4 is 28.7 Å². The third-order valence-corrected chi connectivity index (χ3v) is 4.37. The first-order chi connectivity index (χ1) is 10.9. The predicted octanol–water partition coefficient (Wildman–Crippen LogP) is 4.36. The second kappa shape index (κ2) is 5.85. The Morgan fingerprint density at radius 3 is 2.57 bits per heavy atom. The van der Waals surface area contributed by atoms with Crippen LogP contribution in [0.5, 0.6) is 5.75 Å². The van der Waals surface area contributed by atoms with Gasteiger partial charge in [0.05, 0.1) is 11.4 Å². The first-order valence-corrected chi connectivity index (χ1v) is 8.16. The van der Waals surface area contributed by atoms with Crippen LogP contribution >= 0.6 is 11.6 Å². The van der Waals surface area contributed by atoms with E-state index in [0.29, 0.717) is 0 Å². The quantitative estimate of drug-likeness (QED) is 0.817. The van der Waals surface area contributed by atoms with E-state index in [1.807, 2.05) is 42.5 Å². The summed E-state index contributed by atoms with van der Waals surface area (Å²) in [5.41, 5.74) is 8.21. The second-order valence-electron chi connectivity index (χ2n) is 6.27. The zero-order valence-corrected chi connectivity index (χ0v) is 14.4. The minimum atomic E-state index is -0.447. The number of hydrogen-bond donors (Lipinski definition) is 2. The predicted molar refractivity (Wildman–Crippen MR) is 97.4 cm³/mol. The number of ether oxygens (including phenoxy) is 1. The molecular weight excluding hydrogens is 310 g/mol. The van der Waals surface area contributed by atoms with Gasteiger partial charge in [0.15, 0.2) is 0 Å². The van der Waals surface area contributed by atoms with Crippen molar-refractivity contribution in [1.82, 2.24) is 0 Å². The number of likely N-dealkylation sites (N-methyl/N-ethyl adjacent to an activating group) is 1. The Labute approximate surface area is 142 Å². The molecule has 0 bridgehead atoms. The zero-order valence-electron chi connectivity index (χ0n) is 13.6. The summed E-state index contributed by atoms with van der Waals surface area (Å²) in [6, 6.07) is 13.4. The molecule has 1 unspecified atom stereocenters. The molecule has 0 spiro atoms. The Morgan fingerprint density at radius 1 is 1.22 bits per heavy atom. The van der Waals surface area contributed by atoms with Crippen molar-refractivity contribution in [1.29, 1.82) is 0 Å². The van der Waals surface area contributed by atoms with Crippen LogP contribution in [0.1, 0.15) is 20.8 Å². The van der Waals surface area contributed by atoms with Gasteiger partial charge in [0, 0.05) is 17.3 Å². The molecule has 4 nitrogen and oxygen atoms in total. The van der Waals surface area contributed by atoms with Crippen LogP contribution in [-0.4, -0.2) is 18.3 Å². The summed E-state index contributed by atoms with van der Waals surface area (Å²) >= 11 is 6.12. The van der Waals surface area contributed by atoms with Gasteiger partial charge in [-0.05, 0) is 63.2 Å². The third kappa shape index (κ3) is 3.04. The lowest BCUT2D eigenvalue weighted by Gasteiger charge is -2.38. The molecule has 0 fully saturated rings. The lowest BCUT2D eigenvalue weighted by molar-refractivity contribution is 0.0879. The Kier molecular flexibility index (Phi) is 4.02. The van der Waals surface area contributed by atoms with Crippen molar-refractivity contribution in [3.05, 3.63) is 47.5 Å². The first kappa shape index (κ1) is 15.8. The minimum absolute atomic E-state index is 0.0125. The molecule has 5 heteroatoms. The first-order valence-electron chi connectivity index (χ1n) is 7.78. The van der Waals surface area contributed by atoms with E-state index >= 15 is 0 Å². The normalized spacial score (nSPS) is 16.9. The molecule has 1 aliphatic heterocycles. The highest BCUT2D eigenvalue weighted by atomic mass is 35.5. The number of nitrogens with zero attached hydrogens (tertiary/aromatic N) is 1. The SMILES string of the molecule is CCN1c2ccc(Cl)cc2NC1C(C)(C)Oc1ccc(N)cc1. The maximum Gasteiger partial charge on any atom is 0.142 e. The van der Waals surface area contributed by atoms with E-state index in [2.05, 4.69) is 31.0 Å². The van der Waals surface area contributed by atoms with Crippen LogP contribution in [0.15, 0.2) is 42.5 Å². The van der Waals surface area contributed by atoms with Gasteiger partial charge in [-0.2, -0.15) is 0 Å². The van der Waals surface area contributed by atoms with Gasteiger partial charge >= 0.3 is 0 Å². The Balaban J connectivity index is 1.86. The lowest BCUT2D eigenvalue weighted by atomic mass is 10.0. The number of fused-ring (bicyclic) bond motifs is 1. The van der Waals surface area contributed by atoms with Gasteiger partial charge in [0.1, 0.15) is 17.5 Å². The van der Waals surface area contributed by atoms with Gasteiger partial charge < -0.3 is 20.7 Å². The molecule has 3 N–H and O–H groups in total. The van der Waals surface area contributed by atoms with Crippen molar-refractivity contribution in [2.24, 2.45) is 0 Å². The van der Waals surface area contributed by atoms with Crippen LogP contribution in [0.4, 0.5) is 17.1 Å². The van der Waals surface area contributed by atoms with E-state index in [0.717, 1.165) is 34.4 Å². The van der Waals surface area contributed by atoms with Crippen LogP contribution in [0.25, 0.3) is 0 Å². The minimum Gasteiger partial charge on any atom is -0.484 e. The number of anilines is 3. The summed E-state index contributed by atoms with van der Waals surface area (Å²) < 4.78 is 6.24. The highest BCUT2D eigenvalue weighted by Gasteiger charge is 2.41. The topological polar surface area (TPSA) is 50.5 Å². The fraction of sp³-hybridized carbons (Fsp3) is 0.333. The summed E-state index contributed by atoms with van der Waals surface area (Å²) in [5.74, 6) is 0.802. The highest BCUT2D eigenvalue weighted by molar-refractivity contribution is 6.31. The lowest BCUT2D eigenvalue weighted by Crippen LogP contribution is -2.54. The van der Waals surface area contributed by atoms with Crippen LogP contribution in [-0.2, 0) is 0 Å². The molecule has 0 amide bonds. The van der Waals surface area contributed by atoms with Crippen LogP contribution in [0, 0.1) is 0 Å². The summed E-state index contributed by atoms with van der Waals surface area (Å²) in [7, 11) is 0. The molecule has 0 aliphatic carbocycles. The van der Waals surface area contributed by atoms with E-state index in [-0.39, 0.29) is 6.17 Å². The smallest absolute Gasteiger partial charge is 0.142 e. The Bertz CT molecular complexity index is 700. The average Bonchev–Trinajstić information content (AvgIpc) is 2.88. The Hall–Kier alpha value is -2.07. The highest BCUT2D eigenvalue weighted by Crippen LogP contribution is 2.40. The van der Waals surface area contributed by atoms with Crippen LogP contribution in [0.2, 0.25) is 5.02 Å². The zero-order chi connectivity index (χ0) is 16.6. The van der Waals surface area contributed by atoms with Gasteiger partial charge in [-0.1, -0.05) is 11.6 Å². The number of rotatable bonds is 4. The monoisotopic (exact) mass is 331 g/mol. The Morgan fingerprint density at radius 2 is 1.91 bits per heavy atom. The number of nitrogen functional groups attached to an aromatic ring is 1. The molecule has 3 rings (SSSR count). The maximum absolute atomic E-state index is 6.24. The number of hydrogen-bond acceptors (Lipinski definition) is 4. The van der Waals surface area contributed by atoms with Gasteiger partial charge in [0.2, 0.25) is 0 Å². The van der Waals surface area contributed by atoms with Crippen molar-refractivity contribution in [2.45, 2.75) is 32.5 Å². The van der Waals surface area contributed by atoms with Crippen molar-refractivity contribution < 1.29 is 4.74 Å². The molecule has 1 aliphatic rings. The number of halogens is 1. The molecule has 1 atom stereocenters. The molecular formula is C18H22ClN3O. The summed E-state index contributed by atoms with van der Waals surface area (Å²) in [6.07, 6.45) is 0.0125. The standard InChI is InChI=1S/C18H22ClN3O/c1-4-22-16-10-5-12(19)11-15(16)21-17(22)18(2,3)23-14-8-6-13(20)7-9-14/h5-11,17,21H,4,20H2,1-3H3. The number of benzene rings is 2. The molecule has 0 saturated carbocycles. The van der Waals surface area contributed by atoms with E-state index in [1.54, 1.807) is 0 Å². The van der Waals surface area contributed by atoms with Gasteiger partial charge in [0.25, 0.3) is 0 Å². The molecule has 2 aromatic rings. The van der Waals surface area contributed by atoms with Crippen LogP contribution < -0.4 is 20.7 Å². The maximum atomic E-state index is 6.24. The van der Waals surface area contributed by atoms with E-state index < -0.39 is 5.60 Å². The molecule has 2 aromatic carbocycles. The molecule has 1 heterocycles. The number of nitrogens with two attached hydrogens (primary N) is 1. The van der Waals surface area contributed by atoms with Crippen LogP contribution in [0.3, 0.4) is 0 Å². The molecule has 23 heavy (non-hydrogen) atoms. The third-order valence-electron chi connectivity index (χ3n) is 4.13. The molecule has 0 aromatic heterocycles. The molecule has 122 valence electrons. The van der Waals surface area contributed by atoms with Gasteiger partial charge in [-0.15, -0.1) is 0 Å². The van der Waals surface area contributed by atoms with Crippen molar-refractivity contribution in [3.8, 4) is 5.75 Å². The summed E-state index contributed by atoms with van der Waals surface area (Å²) in [6.45, 7) is 7.17. The van der Waals surface area contributed by atoms with E-state index in [4.69, 9.17) is 22.1 Å². The summed E-state index contributed by atoms with van der Waals surface area (Å²) in [4.78, 5) is 2.29. The van der Waals surface area contributed by atoms with E-state index in [9.17, 15) is 0 Å². The van der Waals surface area contributed by atoms with Crippen molar-refractivity contribution in [2.75, 3.05) is 22.5 Å². The average molecular weight is 332 g/mol. The van der Waals surface area contributed by atoms with Gasteiger partial charge in [-0.25, -0.2) is 0 Å². The fourth-order valence-electron chi connectivity index (χ4n) is 3.04. The van der Waals surface area contributed by atoms with E-state index in [1.165, 1.54) is 0 Å². The fourth-order valence-corrected chi connectivity index (χ4v) is 3.21. The van der Waals surface area contributed by atoms with Crippen molar-refractivity contribution in [3.63, 3.8) is 0 Å².